The van der Waals surface area contributed by atoms with Gasteiger partial charge in [-0.25, -0.2) is 41.9 Å². The Bertz CT molecular complexity index is 5690. The van der Waals surface area contributed by atoms with E-state index in [2.05, 4.69) is 163 Å². The van der Waals surface area contributed by atoms with Crippen LogP contribution >= 0.6 is 158 Å². The van der Waals surface area contributed by atoms with E-state index in [4.69, 9.17) is 54.3 Å². The fraction of sp³-hybridized carbons (Fsp3) is 0.0602. The van der Waals surface area contributed by atoms with Crippen molar-refractivity contribution >= 4 is 194 Å². The molecule has 36 heteroatoms. The van der Waals surface area contributed by atoms with Crippen LogP contribution in [0, 0.1) is 88.7 Å². The summed E-state index contributed by atoms with van der Waals surface area (Å²) in [7, 11) is 0. The highest BCUT2D eigenvalue weighted by atomic mass is 127. The zero-order valence-corrected chi connectivity index (χ0v) is 76.3. The summed E-state index contributed by atoms with van der Waals surface area (Å²) in [6.45, 7) is 9.82. The summed E-state index contributed by atoms with van der Waals surface area (Å²) in [5, 5.41) is 110. The van der Waals surface area contributed by atoms with E-state index < -0.39 is 87.7 Å². The highest BCUT2D eigenvalue weighted by Gasteiger charge is 2.29. The molecule has 0 aliphatic carbocycles. The Morgan fingerprint density at radius 3 is 0.950 bits per heavy atom. The van der Waals surface area contributed by atoms with Crippen molar-refractivity contribution in [3.63, 3.8) is 0 Å². The Kier molecular flexibility index (Phi) is 35.2. The number of rotatable bonds is 18. The van der Waals surface area contributed by atoms with Gasteiger partial charge in [0, 0.05) is 56.2 Å². The molecule has 0 heterocycles. The fourth-order valence-corrected chi connectivity index (χ4v) is 14.7. The van der Waals surface area contributed by atoms with Crippen molar-refractivity contribution in [2.24, 2.45) is 0 Å². The van der Waals surface area contributed by atoms with E-state index in [9.17, 15) is 81.4 Å². The van der Waals surface area contributed by atoms with E-state index in [1.165, 1.54) is 88.5 Å². The summed E-state index contributed by atoms with van der Waals surface area (Å²) >= 11 is 15.5. The molecule has 12 rings (SSSR count). The van der Waals surface area contributed by atoms with Crippen LogP contribution in [-0.4, -0.2) is 97.1 Å². The number of halogens is 12. The third-order valence-electron chi connectivity index (χ3n) is 15.7. The van der Waals surface area contributed by atoms with Gasteiger partial charge in [0.1, 0.15) is 131 Å². The summed E-state index contributed by atoms with van der Waals surface area (Å²) in [5.74, 6) is -17.6. The van der Waals surface area contributed by atoms with Crippen molar-refractivity contribution in [2.75, 3.05) is 0 Å². The number of aromatic hydroxyl groups is 6. The number of para-hydroxylation sites is 2. The number of aromatic carboxylic acids is 6. The second-order valence-corrected chi connectivity index (χ2v) is 32.0. The van der Waals surface area contributed by atoms with Crippen molar-refractivity contribution < 1.29 is 140 Å². The number of carbonyl (C=O) groups is 6. The van der Waals surface area contributed by atoms with E-state index >= 15 is 0 Å². The highest BCUT2D eigenvalue weighted by Crippen LogP contribution is 2.42. The third-order valence-corrected chi connectivity index (χ3v) is 24.2. The Balaban J connectivity index is 0.000000197. The van der Waals surface area contributed by atoms with Crippen molar-refractivity contribution in [1.82, 2.24) is 0 Å². The van der Waals surface area contributed by atoms with Crippen LogP contribution < -0.4 is 28.4 Å². The summed E-state index contributed by atoms with van der Waals surface area (Å²) in [4.78, 5) is 64.7. The van der Waals surface area contributed by atoms with Gasteiger partial charge in [0.05, 0.1) is 10.7 Å². The van der Waals surface area contributed by atoms with Crippen LogP contribution in [0.4, 0.5) is 22.0 Å². The van der Waals surface area contributed by atoms with E-state index in [1.54, 1.807) is 18.2 Å². The molecule has 0 atom stereocenters. The van der Waals surface area contributed by atoms with Crippen molar-refractivity contribution in [1.29, 1.82) is 0 Å². The van der Waals surface area contributed by atoms with E-state index in [0.29, 0.717) is 57.8 Å². The number of phenols is 6. The van der Waals surface area contributed by atoms with Gasteiger partial charge in [0.15, 0.2) is 0 Å². The molecule has 0 saturated heterocycles. The monoisotopic (exact) mass is 2420 g/mol. The van der Waals surface area contributed by atoms with Crippen LogP contribution in [0.1, 0.15) is 90.0 Å². The number of aryl methyl sites for hydroxylation is 3. The second kappa shape index (κ2) is 43.7. The van der Waals surface area contributed by atoms with Gasteiger partial charge in [-0.05, 0) is 330 Å². The first-order valence-corrected chi connectivity index (χ1v) is 40.7. The zero-order chi connectivity index (χ0) is 88.3. The topological polar surface area (TPSA) is 401 Å². The molecule has 119 heavy (non-hydrogen) atoms. The minimum absolute atomic E-state index is 0.146. The number of benzene rings is 12. The Labute approximate surface area is 767 Å². The number of ether oxygens (including phenoxy) is 6. The van der Waals surface area contributed by atoms with Gasteiger partial charge in [0.25, 0.3) is 0 Å². The minimum atomic E-state index is -2.34. The standard InChI is InChI=1S/C15H11I3O4.C14H10I2O4.C14H11IO4.C14H12O4.C13H5F5O4.C13H9IO4/c1-6-11(16)12(17)7(2)14(13(6)18)22-8-3-4-9(15(20)21)10(19)5-8;1-7-4-8(15)5-12(13(7)16)20-9-2-3-10(14(18)19)11(17)6-9;1-8-3-2-4-11(15)13(8)19-9-5-6-10(14(17)18)12(16)7-9;1-9-4-2-3-5-13(9)18-10-6-7-11(14(16)17)12(15)8-10;14-7-8(15)10(17)12(11(18)9(7)16)22-4-1-2-5(13(20)21)6(19)3-4;14-8-2-1-3-9(6-8)18-10-4-5-11(13(16)17)12(15)7-10/h3-5,19H,1-2H3,(H,20,21);2-6,17H,1H3,(H,18,19);2-7,16H,1H3,(H,17,18);2-8,15H,1H3,(H,16,17);1-3,19H,(H,20,21);1-7,15H,(H,16,17). The Morgan fingerprint density at radius 2 is 0.580 bits per heavy atom. The molecule has 0 fully saturated rings. The van der Waals surface area contributed by atoms with E-state index in [0.717, 1.165) is 67.1 Å². The maximum atomic E-state index is 13.4. The molecule has 12 aromatic carbocycles. The first-order valence-electron chi connectivity index (χ1n) is 33.1. The minimum Gasteiger partial charge on any atom is -0.507 e. The van der Waals surface area contributed by atoms with Gasteiger partial charge in [-0.1, -0.05) is 36.4 Å². The number of hydrogen-bond donors (Lipinski definition) is 12. The lowest BCUT2D eigenvalue weighted by Gasteiger charge is -2.16. The number of carboxylic acids is 6. The molecule has 0 saturated carbocycles. The van der Waals surface area contributed by atoms with Crippen LogP contribution in [0.3, 0.4) is 0 Å². The maximum Gasteiger partial charge on any atom is 0.339 e. The molecule has 0 aliphatic rings. The van der Waals surface area contributed by atoms with Crippen LogP contribution in [0.2, 0.25) is 0 Å². The zero-order valence-electron chi connectivity index (χ0n) is 61.2. The number of carboxylic acid groups (broad SMARTS) is 6. The SMILES string of the molecule is Cc1c(I)c(I)c(C)c(Oc2ccc(C(=O)O)c(O)c2)c1I.Cc1cc(I)cc(Oc2ccc(C(=O)O)c(O)c2)c1I.Cc1cccc(I)c1Oc1ccc(C(=O)O)c(O)c1.Cc1ccccc1Oc1ccc(C(=O)O)c(O)c1.O=C(O)c1ccc(Oc2c(F)c(F)c(F)c(F)c2F)cc1O.O=C(O)c1ccc(Oc2cccc(I)c2)cc1O. The van der Waals surface area contributed by atoms with Crippen LogP contribution in [0.15, 0.2) is 188 Å². The molecule has 618 valence electrons. The normalized spacial score (nSPS) is 10.3. The van der Waals surface area contributed by atoms with Crippen LogP contribution in [0.25, 0.3) is 0 Å². The van der Waals surface area contributed by atoms with Crippen molar-refractivity contribution in [2.45, 2.75) is 34.6 Å². The number of hydrogen-bond acceptors (Lipinski definition) is 18. The van der Waals surface area contributed by atoms with E-state index in [1.807, 2.05) is 101 Å². The second-order valence-electron chi connectivity index (χ2n) is 24.1. The smallest absolute Gasteiger partial charge is 0.339 e. The highest BCUT2D eigenvalue weighted by molar-refractivity contribution is 14.1. The van der Waals surface area contributed by atoms with Crippen molar-refractivity contribution in [3.05, 3.63) is 303 Å². The molecule has 0 bridgehead atoms. The molecule has 0 spiro atoms. The fourth-order valence-electron chi connectivity index (χ4n) is 9.65. The largest absolute Gasteiger partial charge is 0.507 e. The van der Waals surface area contributed by atoms with Gasteiger partial charge in [-0.3, -0.25) is 0 Å². The Hall–Kier alpha value is -10.2. The molecule has 0 aliphatic heterocycles. The van der Waals surface area contributed by atoms with Gasteiger partial charge >= 0.3 is 35.8 Å². The van der Waals surface area contributed by atoms with Gasteiger partial charge in [0.2, 0.25) is 34.8 Å². The molecule has 12 N–H and O–H groups in total. The van der Waals surface area contributed by atoms with Gasteiger partial charge in [-0.2, -0.15) is 8.78 Å². The molecule has 0 unspecified atom stereocenters. The first kappa shape index (κ1) is 96.0. The summed E-state index contributed by atoms with van der Waals surface area (Å²) in [6, 6.07) is 47.6. The molecular weight excluding hydrogens is 2360 g/mol. The summed E-state index contributed by atoms with van der Waals surface area (Å²) in [6.07, 6.45) is 0. The summed E-state index contributed by atoms with van der Waals surface area (Å²) < 4.78 is 106. The molecule has 0 radical (unpaired) electrons. The Morgan fingerprint density at radius 1 is 0.261 bits per heavy atom. The average molecular weight is 2420 g/mol. The lowest BCUT2D eigenvalue weighted by molar-refractivity contribution is 0.0682. The first-order chi connectivity index (χ1) is 56.0. The molecule has 24 nitrogen and oxygen atoms in total. The maximum absolute atomic E-state index is 13.4. The predicted molar refractivity (Wildman–Crippen MR) is 482 cm³/mol. The molecule has 12 aromatic rings. The van der Waals surface area contributed by atoms with E-state index in [-0.39, 0.29) is 56.6 Å². The van der Waals surface area contributed by atoms with Crippen LogP contribution in [-0.2, 0) is 0 Å². The molecular formula is C83H58F5I7O24. The van der Waals surface area contributed by atoms with Crippen LogP contribution in [0.5, 0.6) is 103 Å². The van der Waals surface area contributed by atoms with Crippen molar-refractivity contribution in [3.8, 4) is 103 Å². The molecule has 0 amide bonds. The van der Waals surface area contributed by atoms with Gasteiger partial charge in [-0.15, -0.1) is 0 Å². The quantitative estimate of drug-likeness (QED) is 0.0164. The third kappa shape index (κ3) is 26.2. The predicted octanol–water partition coefficient (Wildman–Crippen LogP) is 23.8. The average Bonchev–Trinajstić information content (AvgIpc) is 0.792. The summed E-state index contributed by atoms with van der Waals surface area (Å²) in [5.41, 5.74) is 3.90. The van der Waals surface area contributed by atoms with Gasteiger partial charge < -0.3 is 89.7 Å². The molecule has 0 aromatic heterocycles. The lowest BCUT2D eigenvalue weighted by atomic mass is 10.1. The lowest BCUT2D eigenvalue weighted by Crippen LogP contribution is -2.04.